The first-order valence-electron chi connectivity index (χ1n) is 9.29. The lowest BCUT2D eigenvalue weighted by molar-refractivity contribution is 0.0914. The molecule has 1 unspecified atom stereocenters. The molecule has 1 aromatic heterocycles. The van der Waals surface area contributed by atoms with Crippen LogP contribution in [0.3, 0.4) is 0 Å². The van der Waals surface area contributed by atoms with Gasteiger partial charge < -0.3 is 14.5 Å². The molecule has 7 heteroatoms. The third-order valence-corrected chi connectivity index (χ3v) is 4.43. The van der Waals surface area contributed by atoms with Crippen LogP contribution in [0.2, 0.25) is 0 Å². The van der Waals surface area contributed by atoms with Gasteiger partial charge in [0.15, 0.2) is 0 Å². The molecule has 28 heavy (non-hydrogen) atoms. The topological polar surface area (TPSA) is 58.6 Å². The maximum absolute atomic E-state index is 12.4. The molecule has 0 aliphatic carbocycles. The number of carbonyl (C=O) groups is 1. The summed E-state index contributed by atoms with van der Waals surface area (Å²) in [6.45, 7) is 7.64. The van der Waals surface area contributed by atoms with Crippen LogP contribution in [0.1, 0.15) is 26.3 Å². The molecule has 1 aliphatic heterocycles. The van der Waals surface area contributed by atoms with E-state index in [0.717, 1.165) is 10.0 Å². The highest BCUT2D eigenvalue weighted by Gasteiger charge is 2.30. The summed E-state index contributed by atoms with van der Waals surface area (Å²) in [6.07, 6.45) is 3.09. The van der Waals surface area contributed by atoms with Gasteiger partial charge in [-0.15, -0.1) is 5.92 Å². The Morgan fingerprint density at radius 3 is 2.54 bits per heavy atom. The third kappa shape index (κ3) is 5.96. The first-order chi connectivity index (χ1) is 13.7. The normalized spacial score (nSPS) is 15.6. The lowest BCUT2D eigenvalue weighted by Gasteiger charge is -2.38. The summed E-state index contributed by atoms with van der Waals surface area (Å²) in [7, 11) is 0. The quantitative estimate of drug-likeness (QED) is 0.666. The number of aromatic nitrogens is 2. The largest absolute Gasteiger partial charge is 0.445 e. The van der Waals surface area contributed by atoms with Gasteiger partial charge >= 0.3 is 6.09 Å². The SMILES string of the molecule is CC.CC#CC1CN(C(=O)OCc2ccccc2)CCN1c1ncc(Br)cn1. The minimum atomic E-state index is -0.326. The Labute approximate surface area is 175 Å². The third-order valence-electron chi connectivity index (χ3n) is 4.02. The summed E-state index contributed by atoms with van der Waals surface area (Å²) < 4.78 is 6.26. The van der Waals surface area contributed by atoms with Crippen molar-refractivity contribution in [2.24, 2.45) is 0 Å². The van der Waals surface area contributed by atoms with Crippen LogP contribution in [0.4, 0.5) is 10.7 Å². The van der Waals surface area contributed by atoms with Gasteiger partial charge in [0.25, 0.3) is 0 Å². The number of hydrogen-bond acceptors (Lipinski definition) is 5. The van der Waals surface area contributed by atoms with Crippen LogP contribution in [0.15, 0.2) is 47.2 Å². The van der Waals surface area contributed by atoms with E-state index in [1.54, 1.807) is 24.2 Å². The van der Waals surface area contributed by atoms with Crippen molar-refractivity contribution in [2.75, 3.05) is 24.5 Å². The number of carbonyl (C=O) groups excluding carboxylic acids is 1. The second-order valence-corrected chi connectivity index (χ2v) is 6.71. The fourth-order valence-electron chi connectivity index (χ4n) is 2.74. The van der Waals surface area contributed by atoms with Crippen molar-refractivity contribution < 1.29 is 9.53 Å². The van der Waals surface area contributed by atoms with E-state index in [-0.39, 0.29) is 18.7 Å². The number of halogens is 1. The Hall–Kier alpha value is -2.59. The maximum atomic E-state index is 12.4. The van der Waals surface area contributed by atoms with Gasteiger partial charge in [-0.3, -0.25) is 0 Å². The number of amides is 1. The summed E-state index contributed by atoms with van der Waals surface area (Å²) in [5, 5.41) is 0. The molecule has 0 bridgehead atoms. The standard InChI is InChI=1S/C19H19BrN4O2.C2H6/c1-2-6-17-13-23(19(25)26-14-15-7-4-3-5-8-15)9-10-24(17)18-21-11-16(20)12-22-18;1-2/h3-5,7-8,11-12,17H,9-10,13-14H2,1H3;1-2H3. The summed E-state index contributed by atoms with van der Waals surface area (Å²) >= 11 is 3.34. The van der Waals surface area contributed by atoms with Crippen molar-refractivity contribution in [1.29, 1.82) is 0 Å². The molecule has 0 saturated carbocycles. The number of benzene rings is 1. The van der Waals surface area contributed by atoms with E-state index < -0.39 is 0 Å². The molecule has 1 atom stereocenters. The fourth-order valence-corrected chi connectivity index (χ4v) is 2.95. The van der Waals surface area contributed by atoms with Crippen LogP contribution >= 0.6 is 15.9 Å². The lowest BCUT2D eigenvalue weighted by Crippen LogP contribution is -2.55. The van der Waals surface area contributed by atoms with Crippen molar-refractivity contribution in [3.63, 3.8) is 0 Å². The number of ether oxygens (including phenoxy) is 1. The van der Waals surface area contributed by atoms with E-state index in [9.17, 15) is 4.79 Å². The van der Waals surface area contributed by atoms with E-state index in [1.165, 1.54) is 0 Å². The highest BCUT2D eigenvalue weighted by molar-refractivity contribution is 9.10. The van der Waals surface area contributed by atoms with Gasteiger partial charge in [0.1, 0.15) is 12.6 Å². The van der Waals surface area contributed by atoms with E-state index in [1.807, 2.05) is 49.1 Å². The van der Waals surface area contributed by atoms with Gasteiger partial charge in [-0.25, -0.2) is 14.8 Å². The number of piperazine rings is 1. The molecule has 0 N–H and O–H groups in total. The molecule has 1 aromatic carbocycles. The summed E-state index contributed by atoms with van der Waals surface area (Å²) in [6, 6.07) is 9.48. The molecule has 3 rings (SSSR count). The molecular formula is C21H25BrN4O2. The summed E-state index contributed by atoms with van der Waals surface area (Å²) in [4.78, 5) is 24.8. The van der Waals surface area contributed by atoms with Crippen LogP contribution in [0, 0.1) is 11.8 Å². The molecule has 2 aromatic rings. The summed E-state index contributed by atoms with van der Waals surface area (Å²) in [5.74, 6) is 6.68. The minimum Gasteiger partial charge on any atom is -0.445 e. The average Bonchev–Trinajstić information content (AvgIpc) is 2.75. The van der Waals surface area contributed by atoms with E-state index in [0.29, 0.717) is 25.6 Å². The molecule has 1 amide bonds. The predicted molar refractivity (Wildman–Crippen MR) is 114 cm³/mol. The van der Waals surface area contributed by atoms with Crippen molar-refractivity contribution in [3.8, 4) is 11.8 Å². The van der Waals surface area contributed by atoms with E-state index in [4.69, 9.17) is 4.74 Å². The predicted octanol–water partition coefficient (Wildman–Crippen LogP) is 4.12. The van der Waals surface area contributed by atoms with Gasteiger partial charge in [0, 0.05) is 25.5 Å². The molecule has 6 nitrogen and oxygen atoms in total. The molecule has 0 spiro atoms. The minimum absolute atomic E-state index is 0.167. The van der Waals surface area contributed by atoms with Gasteiger partial charge in [-0.2, -0.15) is 0 Å². The van der Waals surface area contributed by atoms with Gasteiger partial charge in [-0.05, 0) is 28.4 Å². The number of anilines is 1. The van der Waals surface area contributed by atoms with E-state index in [2.05, 4.69) is 37.7 Å². The zero-order valence-corrected chi connectivity index (χ0v) is 18.0. The average molecular weight is 445 g/mol. The van der Waals surface area contributed by atoms with Gasteiger partial charge in [0.05, 0.1) is 11.0 Å². The molecular weight excluding hydrogens is 420 g/mol. The molecule has 1 aliphatic rings. The second-order valence-electron chi connectivity index (χ2n) is 5.79. The van der Waals surface area contributed by atoms with Crippen molar-refractivity contribution in [2.45, 2.75) is 33.4 Å². The number of rotatable bonds is 3. The van der Waals surface area contributed by atoms with Gasteiger partial charge in [0.2, 0.25) is 5.95 Å². The van der Waals surface area contributed by atoms with Crippen LogP contribution < -0.4 is 4.90 Å². The maximum Gasteiger partial charge on any atom is 0.410 e. The highest BCUT2D eigenvalue weighted by Crippen LogP contribution is 2.18. The Morgan fingerprint density at radius 2 is 1.89 bits per heavy atom. The second kappa shape index (κ2) is 11.3. The zero-order chi connectivity index (χ0) is 20.4. The Kier molecular flexibility index (Phi) is 8.76. The van der Waals surface area contributed by atoms with Gasteiger partial charge in [-0.1, -0.05) is 50.1 Å². The van der Waals surface area contributed by atoms with Crippen LogP contribution in [0.5, 0.6) is 0 Å². The Morgan fingerprint density at radius 1 is 1.21 bits per heavy atom. The smallest absolute Gasteiger partial charge is 0.410 e. The van der Waals surface area contributed by atoms with Crippen LogP contribution in [0.25, 0.3) is 0 Å². The summed E-state index contributed by atoms with van der Waals surface area (Å²) in [5.41, 5.74) is 0.965. The van der Waals surface area contributed by atoms with Crippen LogP contribution in [-0.2, 0) is 11.3 Å². The molecule has 148 valence electrons. The monoisotopic (exact) mass is 444 g/mol. The number of nitrogens with zero attached hydrogens (tertiary/aromatic N) is 4. The highest BCUT2D eigenvalue weighted by atomic mass is 79.9. The number of hydrogen-bond donors (Lipinski definition) is 0. The van der Waals surface area contributed by atoms with Crippen molar-refractivity contribution in [3.05, 3.63) is 52.8 Å². The van der Waals surface area contributed by atoms with Crippen LogP contribution in [-0.4, -0.2) is 46.6 Å². The first-order valence-corrected chi connectivity index (χ1v) is 10.1. The Balaban J connectivity index is 0.00000136. The van der Waals surface area contributed by atoms with Crippen molar-refractivity contribution in [1.82, 2.24) is 14.9 Å². The van der Waals surface area contributed by atoms with Crippen molar-refractivity contribution >= 4 is 28.0 Å². The fraction of sp³-hybridized carbons (Fsp3) is 0.381. The first kappa shape index (κ1) is 21.7. The van der Waals surface area contributed by atoms with E-state index >= 15 is 0 Å². The molecule has 2 heterocycles. The zero-order valence-electron chi connectivity index (χ0n) is 16.4. The molecule has 1 fully saturated rings. The molecule has 0 radical (unpaired) electrons. The Bertz CT molecular complexity index is 803. The lowest BCUT2D eigenvalue weighted by atomic mass is 10.2. The molecule has 1 saturated heterocycles.